The molecule has 6 nitrogen and oxygen atoms in total. The van der Waals surface area contributed by atoms with Gasteiger partial charge in [-0.3, -0.25) is 4.79 Å². The van der Waals surface area contributed by atoms with Gasteiger partial charge in [-0.1, -0.05) is 18.2 Å². The summed E-state index contributed by atoms with van der Waals surface area (Å²) in [6.45, 7) is 1.94. The van der Waals surface area contributed by atoms with Crippen molar-refractivity contribution >= 4 is 16.9 Å². The second-order valence-corrected chi connectivity index (χ2v) is 8.15. The molecule has 0 amide bonds. The molecule has 1 aromatic carbocycles. The number of para-hydroxylation sites is 1. The van der Waals surface area contributed by atoms with E-state index in [2.05, 4.69) is 11.1 Å². The van der Waals surface area contributed by atoms with Crippen molar-refractivity contribution in [2.24, 2.45) is 11.8 Å². The third-order valence-corrected chi connectivity index (χ3v) is 7.41. The van der Waals surface area contributed by atoms with Crippen LogP contribution in [0.1, 0.15) is 30.1 Å². The molecule has 0 saturated carbocycles. The summed E-state index contributed by atoms with van der Waals surface area (Å²) >= 11 is 0. The van der Waals surface area contributed by atoms with Gasteiger partial charge in [-0.05, 0) is 6.07 Å². The normalized spacial score (nSPS) is 43.9. The number of aromatic amines is 1. The van der Waals surface area contributed by atoms with Crippen molar-refractivity contribution in [3.8, 4) is 0 Å². The van der Waals surface area contributed by atoms with Crippen LogP contribution in [0, 0.1) is 11.8 Å². The van der Waals surface area contributed by atoms with E-state index in [1.54, 1.807) is 0 Å². The van der Waals surface area contributed by atoms with E-state index in [9.17, 15) is 15.0 Å². The van der Waals surface area contributed by atoms with E-state index in [1.165, 1.54) is 4.90 Å². The zero-order valence-electron chi connectivity index (χ0n) is 13.8. The Labute approximate surface area is 144 Å². The van der Waals surface area contributed by atoms with Crippen molar-refractivity contribution in [3.63, 3.8) is 0 Å². The lowest BCUT2D eigenvalue weighted by Gasteiger charge is -2.35. The summed E-state index contributed by atoms with van der Waals surface area (Å²) in [5.41, 5.74) is 1.68. The van der Waals surface area contributed by atoms with Crippen LogP contribution in [0.25, 0.3) is 10.9 Å². The predicted octanol–water partition coefficient (Wildman–Crippen LogP) is 0.189. The Balaban J connectivity index is 1.78. The molecule has 6 rings (SSSR count). The maximum atomic E-state index is 12.6. The number of carboxylic acid groups (broad SMARTS) is 1. The zero-order valence-corrected chi connectivity index (χ0v) is 13.8. The summed E-state index contributed by atoms with van der Waals surface area (Å²) in [6.07, 6.45) is 1.56. The number of quaternary nitrogens is 1. The summed E-state index contributed by atoms with van der Waals surface area (Å²) in [5, 5.41) is 22.9. The number of carbonyl (C=O) groups is 1. The van der Waals surface area contributed by atoms with E-state index in [4.69, 9.17) is 4.74 Å². The topological polar surface area (TPSA) is 87.0 Å². The third kappa shape index (κ3) is 1.39. The highest BCUT2D eigenvalue weighted by Gasteiger charge is 2.73. The SMILES string of the molecule is O=C(O)[C@@]12CO[C@@]3(O)C4CC[NH+](CC[C@H]31)[C@H]4c1c2[nH]c2ccccc12. The highest BCUT2D eigenvalue weighted by molar-refractivity contribution is 5.91. The zero-order chi connectivity index (χ0) is 17.0. The largest absolute Gasteiger partial charge is 0.480 e. The van der Waals surface area contributed by atoms with Gasteiger partial charge in [0.05, 0.1) is 25.6 Å². The summed E-state index contributed by atoms with van der Waals surface area (Å²) in [4.78, 5) is 17.5. The van der Waals surface area contributed by atoms with Gasteiger partial charge >= 0.3 is 5.97 Å². The third-order valence-electron chi connectivity index (χ3n) is 7.41. The molecule has 6 heteroatoms. The number of benzene rings is 1. The number of fused-ring (bicyclic) bond motifs is 4. The smallest absolute Gasteiger partial charge is 0.318 e. The van der Waals surface area contributed by atoms with Crippen molar-refractivity contribution in [1.82, 2.24) is 4.98 Å². The van der Waals surface area contributed by atoms with E-state index in [-0.39, 0.29) is 18.6 Å². The van der Waals surface area contributed by atoms with E-state index in [0.29, 0.717) is 6.42 Å². The standard InChI is InChI=1S/C19H20N2O4/c22-17(23)18-9-25-19(24)11-5-7-21(8-6-13(18)19)15(11)14-10-3-1-2-4-12(10)20-16(14)18/h1-4,11,13,15,20,24H,5-9H2,(H,22,23)/p+1/t11?,13-,15+,18-,19-/m0/s1. The van der Waals surface area contributed by atoms with Gasteiger partial charge in [0, 0.05) is 40.9 Å². The van der Waals surface area contributed by atoms with Crippen LogP contribution in [-0.4, -0.2) is 46.6 Å². The Morgan fingerprint density at radius 2 is 2.08 bits per heavy atom. The molecular formula is C19H21N2O4+. The van der Waals surface area contributed by atoms with Crippen LogP contribution in [-0.2, 0) is 14.9 Å². The van der Waals surface area contributed by atoms with Gasteiger partial charge in [-0.15, -0.1) is 0 Å². The second-order valence-electron chi connectivity index (χ2n) is 8.15. The lowest BCUT2D eigenvalue weighted by atomic mass is 9.69. The number of hydrogen-bond acceptors (Lipinski definition) is 3. The molecule has 25 heavy (non-hydrogen) atoms. The minimum Gasteiger partial charge on any atom is -0.480 e. The minimum atomic E-state index is -1.33. The summed E-state index contributed by atoms with van der Waals surface area (Å²) in [6, 6.07) is 8.17. The fourth-order valence-corrected chi connectivity index (χ4v) is 6.41. The van der Waals surface area contributed by atoms with Crippen molar-refractivity contribution in [3.05, 3.63) is 35.5 Å². The number of rotatable bonds is 1. The molecule has 0 radical (unpaired) electrons. The number of aliphatic hydroxyl groups is 1. The molecule has 2 aromatic rings. The first kappa shape index (κ1) is 14.3. The molecule has 6 bridgehead atoms. The van der Waals surface area contributed by atoms with E-state index < -0.39 is 23.1 Å². The molecule has 4 heterocycles. The molecule has 6 atom stereocenters. The summed E-state index contributed by atoms with van der Waals surface area (Å²) in [7, 11) is 0. The predicted molar refractivity (Wildman–Crippen MR) is 88.2 cm³/mol. The molecular weight excluding hydrogens is 320 g/mol. The number of nitrogens with one attached hydrogen (secondary N) is 2. The second kappa shape index (κ2) is 4.26. The first-order chi connectivity index (χ1) is 12.1. The maximum Gasteiger partial charge on any atom is 0.318 e. The van der Waals surface area contributed by atoms with Crippen LogP contribution >= 0.6 is 0 Å². The lowest BCUT2D eigenvalue weighted by Crippen LogP contribution is -3.10. The first-order valence-electron chi connectivity index (χ1n) is 9.13. The molecule has 2 unspecified atom stereocenters. The van der Waals surface area contributed by atoms with Crippen LogP contribution in [0.4, 0.5) is 0 Å². The van der Waals surface area contributed by atoms with Crippen LogP contribution in [0.5, 0.6) is 0 Å². The number of H-pyrrole nitrogens is 1. The van der Waals surface area contributed by atoms with Gasteiger partial charge in [0.25, 0.3) is 0 Å². The van der Waals surface area contributed by atoms with Crippen molar-refractivity contribution in [2.45, 2.75) is 30.1 Å². The minimum absolute atomic E-state index is 0.0435. The van der Waals surface area contributed by atoms with Crippen LogP contribution in [0.2, 0.25) is 0 Å². The molecule has 130 valence electrons. The lowest BCUT2D eigenvalue weighted by molar-refractivity contribution is -0.920. The highest BCUT2D eigenvalue weighted by Crippen LogP contribution is 2.60. The molecule has 0 spiro atoms. The van der Waals surface area contributed by atoms with Crippen LogP contribution in [0.15, 0.2) is 24.3 Å². The molecule has 3 fully saturated rings. The molecule has 1 aromatic heterocycles. The average molecular weight is 341 g/mol. The van der Waals surface area contributed by atoms with Gasteiger partial charge in [-0.2, -0.15) is 0 Å². The molecule has 4 aliphatic rings. The molecule has 1 aliphatic carbocycles. The Morgan fingerprint density at radius 3 is 2.92 bits per heavy atom. The monoisotopic (exact) mass is 341 g/mol. The Bertz CT molecular complexity index is 923. The highest BCUT2D eigenvalue weighted by atomic mass is 16.6. The first-order valence-corrected chi connectivity index (χ1v) is 9.13. The van der Waals surface area contributed by atoms with E-state index >= 15 is 0 Å². The van der Waals surface area contributed by atoms with Crippen molar-refractivity contribution < 1.29 is 24.6 Å². The summed E-state index contributed by atoms with van der Waals surface area (Å²) < 4.78 is 5.95. The number of aliphatic carboxylic acids is 1. The molecule has 3 saturated heterocycles. The number of carboxylic acids is 1. The summed E-state index contributed by atoms with van der Waals surface area (Å²) in [5.74, 6) is -2.67. The van der Waals surface area contributed by atoms with Crippen LogP contribution in [0.3, 0.4) is 0 Å². The number of hydrogen-bond donors (Lipinski definition) is 4. The Hall–Kier alpha value is -1.89. The molecule has 4 N–H and O–H groups in total. The van der Waals surface area contributed by atoms with Crippen molar-refractivity contribution in [2.75, 3.05) is 19.7 Å². The van der Waals surface area contributed by atoms with Gasteiger partial charge in [0.1, 0.15) is 11.5 Å². The van der Waals surface area contributed by atoms with Gasteiger partial charge < -0.3 is 24.8 Å². The van der Waals surface area contributed by atoms with Crippen molar-refractivity contribution in [1.29, 1.82) is 0 Å². The number of ether oxygens (including phenoxy) is 1. The fourth-order valence-electron chi connectivity index (χ4n) is 6.41. The fraction of sp³-hybridized carbons (Fsp3) is 0.526. The van der Waals surface area contributed by atoms with Gasteiger partial charge in [0.15, 0.2) is 5.79 Å². The number of aromatic nitrogens is 1. The van der Waals surface area contributed by atoms with E-state index in [1.807, 2.05) is 18.2 Å². The van der Waals surface area contributed by atoms with E-state index in [0.717, 1.165) is 41.7 Å². The Morgan fingerprint density at radius 1 is 1.28 bits per heavy atom. The molecule has 3 aliphatic heterocycles. The Kier molecular flexibility index (Phi) is 2.43. The quantitative estimate of drug-likeness (QED) is 0.596. The van der Waals surface area contributed by atoms with Gasteiger partial charge in [-0.25, -0.2) is 0 Å². The average Bonchev–Trinajstić information content (AvgIpc) is 3.19. The van der Waals surface area contributed by atoms with Crippen LogP contribution < -0.4 is 4.90 Å². The van der Waals surface area contributed by atoms with Gasteiger partial charge in [0.2, 0.25) is 0 Å². The maximum absolute atomic E-state index is 12.6.